The molecule has 3 amide bonds. The number of rotatable bonds is 10. The number of hydrogen-bond donors (Lipinski definition) is 1. The van der Waals surface area contributed by atoms with Crippen molar-refractivity contribution in [3.05, 3.63) is 118 Å². The summed E-state index contributed by atoms with van der Waals surface area (Å²) >= 11 is 3.59. The van der Waals surface area contributed by atoms with Gasteiger partial charge < -0.3 is 28.5 Å². The highest BCUT2D eigenvalue weighted by Crippen LogP contribution is 2.60. The molecule has 12 heteroatoms. The second-order valence-electron chi connectivity index (χ2n) is 14.2. The maximum Gasteiger partial charge on any atom is 0.269 e. The van der Waals surface area contributed by atoms with E-state index in [0.717, 1.165) is 15.6 Å². The van der Waals surface area contributed by atoms with Crippen molar-refractivity contribution in [3.63, 3.8) is 0 Å². The fourth-order valence-corrected chi connectivity index (χ4v) is 11.1. The van der Waals surface area contributed by atoms with Crippen LogP contribution in [0, 0.1) is 5.92 Å². The van der Waals surface area contributed by atoms with Crippen molar-refractivity contribution in [3.8, 4) is 5.75 Å². The predicted molar refractivity (Wildman–Crippen MR) is 202 cm³/mol. The van der Waals surface area contributed by atoms with Gasteiger partial charge in [0.05, 0.1) is 37.1 Å². The van der Waals surface area contributed by atoms with E-state index in [4.69, 9.17) is 9.47 Å². The Morgan fingerprint density at radius 2 is 1.71 bits per heavy atom. The van der Waals surface area contributed by atoms with Gasteiger partial charge in [0.25, 0.3) is 11.8 Å². The largest absolute Gasteiger partial charge is 0.482 e. The zero-order valence-electron chi connectivity index (χ0n) is 29.3. The van der Waals surface area contributed by atoms with Crippen LogP contribution in [0.15, 0.2) is 102 Å². The van der Waals surface area contributed by atoms with Crippen molar-refractivity contribution in [2.75, 3.05) is 29.6 Å². The molecule has 0 unspecified atom stereocenters. The Bertz CT molecular complexity index is 2010. The smallest absolute Gasteiger partial charge is 0.269 e. The van der Waals surface area contributed by atoms with Crippen LogP contribution in [0.5, 0.6) is 5.75 Å². The van der Waals surface area contributed by atoms with Gasteiger partial charge in [0.2, 0.25) is 14.3 Å². The van der Waals surface area contributed by atoms with Crippen molar-refractivity contribution < 1.29 is 33.1 Å². The zero-order chi connectivity index (χ0) is 36.8. The lowest BCUT2D eigenvalue weighted by atomic mass is 9.82. The third-order valence-electron chi connectivity index (χ3n) is 10.5. The van der Waals surface area contributed by atoms with Crippen LogP contribution in [0.25, 0.3) is 0 Å². The maximum atomic E-state index is 16.5. The number of anilines is 3. The number of para-hydroxylation sites is 2. The first-order valence-electron chi connectivity index (χ1n) is 17.5. The summed E-state index contributed by atoms with van der Waals surface area (Å²) in [4.78, 5) is 46.9. The number of benzene rings is 4. The molecular formula is C40H41BrFN3O6Si. The summed E-state index contributed by atoms with van der Waals surface area (Å²) in [6, 6.07) is 29.9. The molecule has 1 saturated heterocycles. The molecule has 3 aliphatic rings. The molecule has 9 nitrogen and oxygen atoms in total. The fourth-order valence-electron chi connectivity index (χ4n) is 8.26. The van der Waals surface area contributed by atoms with Crippen molar-refractivity contribution in [1.82, 2.24) is 4.90 Å². The van der Waals surface area contributed by atoms with E-state index >= 15 is 4.11 Å². The van der Waals surface area contributed by atoms with Crippen molar-refractivity contribution in [1.29, 1.82) is 0 Å². The van der Waals surface area contributed by atoms with E-state index in [-0.39, 0.29) is 57.0 Å². The van der Waals surface area contributed by atoms with Crippen LogP contribution in [-0.4, -0.2) is 62.0 Å². The number of hydrogen-bond acceptors (Lipinski definition) is 6. The highest BCUT2D eigenvalue weighted by Gasteiger charge is 2.67. The molecule has 0 saturated carbocycles. The van der Waals surface area contributed by atoms with Crippen LogP contribution in [0.4, 0.5) is 21.2 Å². The standard InChI is InChI=1S/C40H41BrFN3O6Si/c1-26-38(52(2,3)42)35(22-36(47)43(18-19-46)23-27-10-5-4-6-11-27)51-40(26)31-21-29(41)16-17-32(31)44(39(40)49)24-28-12-9-13-30(20-28)45-33-14-7-8-15-34(33)50-25-37(45)48/h4-17,20-21,26,35,38,46H,18-19,22-25H2,1-3H3/t26-,35+,38-,40+/m1/s1. The molecule has 4 atom stereocenters. The molecule has 1 fully saturated rings. The van der Waals surface area contributed by atoms with Gasteiger partial charge in [-0.25, -0.2) is 0 Å². The van der Waals surface area contributed by atoms with Crippen LogP contribution < -0.4 is 14.5 Å². The summed E-state index contributed by atoms with van der Waals surface area (Å²) in [6.45, 7) is 5.36. The van der Waals surface area contributed by atoms with Crippen LogP contribution in [-0.2, 0) is 37.8 Å². The van der Waals surface area contributed by atoms with E-state index in [1.807, 2.05) is 104 Å². The molecule has 270 valence electrons. The van der Waals surface area contributed by atoms with Gasteiger partial charge in [-0.15, -0.1) is 0 Å². The molecule has 4 aromatic rings. The topological polar surface area (TPSA) is 99.6 Å². The summed E-state index contributed by atoms with van der Waals surface area (Å²) in [5.41, 5.74) is 2.05. The van der Waals surface area contributed by atoms with Gasteiger partial charge in [-0.1, -0.05) is 77.5 Å². The average Bonchev–Trinajstić information content (AvgIpc) is 3.54. The molecule has 3 aliphatic heterocycles. The van der Waals surface area contributed by atoms with E-state index in [9.17, 15) is 19.5 Å². The number of carbonyl (C=O) groups excluding carboxylic acids is 3. The predicted octanol–water partition coefficient (Wildman–Crippen LogP) is 7.24. The molecule has 3 heterocycles. The fraction of sp³-hybridized carbons (Fsp3) is 0.325. The zero-order valence-corrected chi connectivity index (χ0v) is 31.9. The second-order valence-corrected chi connectivity index (χ2v) is 18.9. The summed E-state index contributed by atoms with van der Waals surface area (Å²) in [6.07, 6.45) is -0.991. The minimum atomic E-state index is -3.54. The minimum Gasteiger partial charge on any atom is -0.482 e. The first-order valence-corrected chi connectivity index (χ1v) is 21.2. The number of carbonyl (C=O) groups is 3. The molecule has 7 rings (SSSR count). The molecule has 0 aliphatic carbocycles. The Morgan fingerprint density at radius 1 is 0.981 bits per heavy atom. The normalized spacial score (nSPS) is 22.4. The lowest BCUT2D eigenvalue weighted by Crippen LogP contribution is -2.45. The van der Waals surface area contributed by atoms with Crippen molar-refractivity contribution >= 4 is 59.1 Å². The molecule has 0 bridgehead atoms. The van der Waals surface area contributed by atoms with Gasteiger partial charge in [-0.2, -0.15) is 0 Å². The molecule has 1 N–H and O–H groups in total. The molecule has 0 aromatic heterocycles. The molecule has 4 aromatic carbocycles. The molecule has 52 heavy (non-hydrogen) atoms. The van der Waals surface area contributed by atoms with Gasteiger partial charge >= 0.3 is 0 Å². The van der Waals surface area contributed by atoms with Crippen LogP contribution in [0.2, 0.25) is 18.6 Å². The van der Waals surface area contributed by atoms with Gasteiger partial charge in [-0.3, -0.25) is 19.3 Å². The Morgan fingerprint density at radius 3 is 2.46 bits per heavy atom. The number of fused-ring (bicyclic) bond motifs is 3. The SMILES string of the molecule is C[C@@H]1[C@@H]([Si](C)(C)F)[C@H](CC(=O)N(CCO)Cc2ccccc2)O[C@@]12C(=O)N(Cc1cccc(N3C(=O)COc4ccccc43)c1)c1ccc(Br)cc12. The Hall–Kier alpha value is -4.36. The first kappa shape index (κ1) is 36.0. The van der Waals surface area contributed by atoms with E-state index in [2.05, 4.69) is 15.9 Å². The molecule has 1 spiro atoms. The number of aliphatic hydroxyl groups excluding tert-OH is 1. The average molecular weight is 787 g/mol. The van der Waals surface area contributed by atoms with Crippen LogP contribution >= 0.6 is 15.9 Å². The number of halogens is 2. The van der Waals surface area contributed by atoms with E-state index in [0.29, 0.717) is 28.4 Å². The van der Waals surface area contributed by atoms with Crippen LogP contribution in [0.1, 0.15) is 30.0 Å². The van der Waals surface area contributed by atoms with Gasteiger partial charge in [0, 0.05) is 40.3 Å². The van der Waals surface area contributed by atoms with Crippen molar-refractivity contribution in [2.45, 2.75) is 56.8 Å². The van der Waals surface area contributed by atoms with Gasteiger partial charge in [0.15, 0.2) is 12.2 Å². The number of ether oxygens (including phenoxy) is 2. The highest BCUT2D eigenvalue weighted by atomic mass is 79.9. The van der Waals surface area contributed by atoms with E-state index < -0.39 is 31.6 Å². The summed E-state index contributed by atoms with van der Waals surface area (Å²) < 4.78 is 29.7. The van der Waals surface area contributed by atoms with E-state index in [1.165, 1.54) is 0 Å². The highest BCUT2D eigenvalue weighted by molar-refractivity contribution is 9.10. The lowest BCUT2D eigenvalue weighted by molar-refractivity contribution is -0.150. The summed E-state index contributed by atoms with van der Waals surface area (Å²) in [5, 5.41) is 9.83. The number of nitrogens with zero attached hydrogens (tertiary/aromatic N) is 3. The Balaban J connectivity index is 1.21. The third kappa shape index (κ3) is 6.46. The maximum absolute atomic E-state index is 16.5. The van der Waals surface area contributed by atoms with Crippen molar-refractivity contribution in [2.24, 2.45) is 5.92 Å². The number of amides is 3. The first-order chi connectivity index (χ1) is 24.9. The number of aliphatic hydroxyl groups is 1. The Labute approximate surface area is 312 Å². The molecular weight excluding hydrogens is 745 g/mol. The van der Waals surface area contributed by atoms with Gasteiger partial charge in [-0.05, 0) is 66.7 Å². The minimum absolute atomic E-state index is 0.0884. The lowest BCUT2D eigenvalue weighted by Gasteiger charge is -2.31. The summed E-state index contributed by atoms with van der Waals surface area (Å²) in [5.74, 6) is -0.778. The van der Waals surface area contributed by atoms with Crippen LogP contribution in [0.3, 0.4) is 0 Å². The quantitative estimate of drug-likeness (QED) is 0.135. The van der Waals surface area contributed by atoms with E-state index in [1.54, 1.807) is 27.8 Å². The second kappa shape index (κ2) is 14.2. The monoisotopic (exact) mass is 785 g/mol. The van der Waals surface area contributed by atoms with Gasteiger partial charge in [0.1, 0.15) is 5.75 Å². The third-order valence-corrected chi connectivity index (χ3v) is 13.4. The molecule has 0 radical (unpaired) electrons. The Kier molecular flexibility index (Phi) is 9.85. The summed E-state index contributed by atoms with van der Waals surface area (Å²) in [7, 11) is -3.54.